The van der Waals surface area contributed by atoms with Crippen LogP contribution in [0.15, 0.2) is 11.4 Å². The van der Waals surface area contributed by atoms with Crippen molar-refractivity contribution in [1.29, 1.82) is 0 Å². The van der Waals surface area contributed by atoms with Crippen LogP contribution in [0.3, 0.4) is 0 Å². The summed E-state index contributed by atoms with van der Waals surface area (Å²) in [5.41, 5.74) is 11.7. The number of aromatic nitrogens is 3. The van der Waals surface area contributed by atoms with Crippen molar-refractivity contribution in [2.75, 3.05) is 0 Å². The van der Waals surface area contributed by atoms with Gasteiger partial charge in [-0.15, -0.1) is 5.10 Å². The van der Waals surface area contributed by atoms with Crippen molar-refractivity contribution in [1.82, 2.24) is 15.0 Å². The van der Waals surface area contributed by atoms with Crippen LogP contribution in [0, 0.1) is 0 Å². The minimum Gasteiger partial charge on any atom is -0.409 e. The first-order valence-corrected chi connectivity index (χ1v) is 5.36. The number of oxime groups is 1. The highest BCUT2D eigenvalue weighted by atomic mass is 16.4. The van der Waals surface area contributed by atoms with Gasteiger partial charge >= 0.3 is 0 Å². The summed E-state index contributed by atoms with van der Waals surface area (Å²) in [5.74, 6) is -0.0150. The monoisotopic (exact) mass is 224 g/mol. The predicted octanol–water partition coefficient (Wildman–Crippen LogP) is -0.185. The highest BCUT2D eigenvalue weighted by Crippen LogP contribution is 2.26. The van der Waals surface area contributed by atoms with Gasteiger partial charge in [0.25, 0.3) is 0 Å². The summed E-state index contributed by atoms with van der Waals surface area (Å²) < 4.78 is 1.78. The lowest BCUT2D eigenvalue weighted by Gasteiger charge is -2.25. The smallest absolute Gasteiger partial charge is 0.192 e. The Morgan fingerprint density at radius 1 is 1.44 bits per heavy atom. The fraction of sp³-hybridized carbons (Fsp3) is 0.667. The molecule has 0 radical (unpaired) electrons. The molecule has 88 valence electrons. The van der Waals surface area contributed by atoms with Crippen molar-refractivity contribution in [3.63, 3.8) is 0 Å². The number of nitrogens with zero attached hydrogens (tertiary/aromatic N) is 4. The molecule has 0 atom stereocenters. The average molecular weight is 224 g/mol. The highest BCUT2D eigenvalue weighted by molar-refractivity contribution is 5.94. The van der Waals surface area contributed by atoms with Crippen molar-refractivity contribution in [2.24, 2.45) is 16.6 Å². The zero-order valence-corrected chi connectivity index (χ0v) is 8.95. The first kappa shape index (κ1) is 10.9. The molecule has 0 aliphatic heterocycles. The lowest BCUT2D eigenvalue weighted by molar-refractivity contribution is 0.300. The van der Waals surface area contributed by atoms with E-state index in [1.807, 2.05) is 0 Å². The first-order valence-electron chi connectivity index (χ1n) is 5.36. The van der Waals surface area contributed by atoms with E-state index in [0.717, 1.165) is 25.7 Å². The molecule has 1 heterocycles. The predicted molar refractivity (Wildman–Crippen MR) is 58.0 cm³/mol. The van der Waals surface area contributed by atoms with Gasteiger partial charge in [0.2, 0.25) is 0 Å². The molecule has 1 fully saturated rings. The van der Waals surface area contributed by atoms with E-state index in [2.05, 4.69) is 15.5 Å². The number of nitrogens with two attached hydrogens (primary N) is 2. The van der Waals surface area contributed by atoms with E-state index in [9.17, 15) is 0 Å². The van der Waals surface area contributed by atoms with Gasteiger partial charge in [-0.25, -0.2) is 4.68 Å². The van der Waals surface area contributed by atoms with Gasteiger partial charge in [0.05, 0.1) is 12.2 Å². The summed E-state index contributed by atoms with van der Waals surface area (Å²) >= 11 is 0. The van der Waals surface area contributed by atoms with Crippen LogP contribution < -0.4 is 11.5 Å². The Hall–Kier alpha value is -1.63. The number of hydrogen-bond donors (Lipinski definition) is 3. The second kappa shape index (κ2) is 4.48. The maximum atomic E-state index is 8.51. The maximum Gasteiger partial charge on any atom is 0.192 e. The quantitative estimate of drug-likeness (QED) is 0.279. The van der Waals surface area contributed by atoms with E-state index in [1.165, 1.54) is 0 Å². The van der Waals surface area contributed by atoms with Crippen LogP contribution in [0.5, 0.6) is 0 Å². The molecule has 16 heavy (non-hydrogen) atoms. The summed E-state index contributed by atoms with van der Waals surface area (Å²) in [5, 5.41) is 19.2. The lowest BCUT2D eigenvalue weighted by atomic mass is 9.92. The molecular weight excluding hydrogens is 208 g/mol. The second-order valence-electron chi connectivity index (χ2n) is 4.14. The molecule has 5 N–H and O–H groups in total. The zero-order chi connectivity index (χ0) is 11.5. The average Bonchev–Trinajstić information content (AvgIpc) is 2.78. The van der Waals surface area contributed by atoms with Crippen LogP contribution >= 0.6 is 0 Å². The molecule has 7 heteroatoms. The fourth-order valence-electron chi connectivity index (χ4n) is 1.99. The summed E-state index contributed by atoms with van der Waals surface area (Å²) in [6.07, 6.45) is 5.71. The van der Waals surface area contributed by atoms with Crippen LogP contribution in [0.2, 0.25) is 0 Å². The lowest BCUT2D eigenvalue weighted by Crippen LogP contribution is -2.28. The number of amidine groups is 1. The minimum atomic E-state index is -0.0150. The third-order valence-electron chi connectivity index (χ3n) is 3.00. The van der Waals surface area contributed by atoms with E-state index in [-0.39, 0.29) is 5.84 Å². The molecule has 1 aromatic rings. The molecule has 1 saturated carbocycles. The molecule has 1 aromatic heterocycles. The van der Waals surface area contributed by atoms with Gasteiger partial charge < -0.3 is 16.7 Å². The third kappa shape index (κ3) is 2.13. The SMILES string of the molecule is N/C(=N\O)c1cn(C2CCC(N)CC2)nn1. The van der Waals surface area contributed by atoms with Crippen LogP contribution in [0.25, 0.3) is 0 Å². The molecular formula is C9H16N6O. The molecule has 0 bridgehead atoms. The Morgan fingerprint density at radius 3 is 2.75 bits per heavy atom. The van der Waals surface area contributed by atoms with Crippen molar-refractivity contribution >= 4 is 5.84 Å². The van der Waals surface area contributed by atoms with E-state index in [4.69, 9.17) is 16.7 Å². The Morgan fingerprint density at radius 2 is 2.12 bits per heavy atom. The Balaban J connectivity index is 2.07. The van der Waals surface area contributed by atoms with Crippen molar-refractivity contribution in [3.8, 4) is 0 Å². The number of rotatable bonds is 2. The molecule has 0 aromatic carbocycles. The molecule has 2 rings (SSSR count). The molecule has 1 aliphatic rings. The van der Waals surface area contributed by atoms with Gasteiger partial charge in [0.15, 0.2) is 11.5 Å². The largest absolute Gasteiger partial charge is 0.409 e. The second-order valence-corrected chi connectivity index (χ2v) is 4.14. The van der Waals surface area contributed by atoms with Crippen molar-refractivity contribution in [3.05, 3.63) is 11.9 Å². The molecule has 0 amide bonds. The van der Waals surface area contributed by atoms with Gasteiger partial charge in [-0.1, -0.05) is 10.4 Å². The first-order chi connectivity index (χ1) is 7.70. The molecule has 0 spiro atoms. The van der Waals surface area contributed by atoms with E-state index >= 15 is 0 Å². The Bertz CT molecular complexity index is 379. The van der Waals surface area contributed by atoms with Crippen LogP contribution in [-0.4, -0.2) is 32.1 Å². The van der Waals surface area contributed by atoms with E-state index in [1.54, 1.807) is 10.9 Å². The van der Waals surface area contributed by atoms with Crippen molar-refractivity contribution < 1.29 is 5.21 Å². The summed E-state index contributed by atoms with van der Waals surface area (Å²) in [4.78, 5) is 0. The minimum absolute atomic E-state index is 0.0150. The highest BCUT2D eigenvalue weighted by Gasteiger charge is 2.21. The topological polar surface area (TPSA) is 115 Å². The standard InChI is InChI=1S/C9H16N6O/c10-6-1-3-7(4-2-6)15-5-8(12-14-15)9(11)13-16/h5-7,16H,1-4,10H2,(H2,11,13). The molecule has 7 nitrogen and oxygen atoms in total. The summed E-state index contributed by atoms with van der Waals surface area (Å²) in [7, 11) is 0. The van der Waals surface area contributed by atoms with Gasteiger partial charge in [0.1, 0.15) is 0 Å². The summed E-state index contributed by atoms with van der Waals surface area (Å²) in [6, 6.07) is 0.635. The maximum absolute atomic E-state index is 8.51. The molecule has 1 aliphatic carbocycles. The van der Waals surface area contributed by atoms with Gasteiger partial charge in [0, 0.05) is 6.04 Å². The van der Waals surface area contributed by atoms with Crippen LogP contribution in [-0.2, 0) is 0 Å². The van der Waals surface area contributed by atoms with E-state index in [0.29, 0.717) is 17.8 Å². The van der Waals surface area contributed by atoms with Gasteiger partial charge in [-0.3, -0.25) is 0 Å². The molecule has 0 unspecified atom stereocenters. The van der Waals surface area contributed by atoms with Crippen LogP contribution in [0.1, 0.15) is 37.4 Å². The van der Waals surface area contributed by atoms with Gasteiger partial charge in [-0.2, -0.15) is 0 Å². The normalized spacial score (nSPS) is 26.9. The number of hydrogen-bond acceptors (Lipinski definition) is 5. The van der Waals surface area contributed by atoms with Crippen LogP contribution in [0.4, 0.5) is 0 Å². The third-order valence-corrected chi connectivity index (χ3v) is 3.00. The van der Waals surface area contributed by atoms with Gasteiger partial charge in [-0.05, 0) is 25.7 Å². The van der Waals surface area contributed by atoms with Crippen molar-refractivity contribution in [2.45, 2.75) is 37.8 Å². The fourth-order valence-corrected chi connectivity index (χ4v) is 1.99. The summed E-state index contributed by atoms with van der Waals surface area (Å²) in [6.45, 7) is 0. The Kier molecular flexibility index (Phi) is 3.04. The van der Waals surface area contributed by atoms with E-state index < -0.39 is 0 Å². The Labute approximate surface area is 93.1 Å². The molecule has 0 saturated heterocycles. The zero-order valence-electron chi connectivity index (χ0n) is 8.95.